The van der Waals surface area contributed by atoms with Crippen LogP contribution in [0.3, 0.4) is 0 Å². The van der Waals surface area contributed by atoms with Crippen LogP contribution in [-0.2, 0) is 6.18 Å². The molecule has 1 nitrogen and oxygen atoms in total. The lowest BCUT2D eigenvalue weighted by atomic mass is 10.2. The zero-order valence-electron chi connectivity index (χ0n) is 6.77. The summed E-state index contributed by atoms with van der Waals surface area (Å²) in [4.78, 5) is 3.84. The number of hydrogen-bond donors (Lipinski definition) is 0. The zero-order chi connectivity index (χ0) is 10.1. The van der Waals surface area contributed by atoms with Crippen LogP contribution < -0.4 is 0 Å². The van der Waals surface area contributed by atoms with E-state index in [0.717, 1.165) is 12.1 Å². The maximum absolute atomic E-state index is 12.2. The minimum atomic E-state index is -4.27. The van der Waals surface area contributed by atoms with Gasteiger partial charge in [0.25, 0.3) is 0 Å². The molecule has 1 heterocycles. The van der Waals surface area contributed by atoms with E-state index in [1.54, 1.807) is 6.92 Å². The summed E-state index contributed by atoms with van der Waals surface area (Å²) in [6.45, 7) is 1.79. The number of nitrogens with zero attached hydrogens (tertiary/aromatic N) is 1. The van der Waals surface area contributed by atoms with Crippen molar-refractivity contribution in [3.8, 4) is 0 Å². The number of pyridine rings is 1. The maximum Gasteiger partial charge on any atom is 0.416 e. The average molecular weight is 301 g/mol. The molecule has 5 heteroatoms. The minimum Gasteiger partial charge on any atom is -0.260 e. The summed E-state index contributed by atoms with van der Waals surface area (Å²) in [7, 11) is 0. The maximum atomic E-state index is 12.2. The molecule has 0 N–H and O–H groups in total. The molecule has 1 atom stereocenters. The highest BCUT2D eigenvalue weighted by molar-refractivity contribution is 14.1. The predicted octanol–water partition coefficient (Wildman–Crippen LogP) is 3.60. The van der Waals surface area contributed by atoms with Crippen molar-refractivity contribution >= 4 is 22.6 Å². The summed E-state index contributed by atoms with van der Waals surface area (Å²) >= 11 is 2.02. The van der Waals surface area contributed by atoms with Crippen LogP contribution in [-0.4, -0.2) is 4.98 Å². The van der Waals surface area contributed by atoms with E-state index in [9.17, 15) is 13.2 Å². The lowest BCUT2D eigenvalue weighted by Crippen LogP contribution is -2.06. The molecule has 1 rings (SSSR count). The highest BCUT2D eigenvalue weighted by atomic mass is 127. The number of alkyl halides is 4. The summed E-state index contributed by atoms with van der Waals surface area (Å²) in [6, 6.07) is 2.06. The van der Waals surface area contributed by atoms with Crippen molar-refractivity contribution < 1.29 is 13.2 Å². The van der Waals surface area contributed by atoms with Crippen LogP contribution in [0.5, 0.6) is 0 Å². The molecule has 0 aliphatic heterocycles. The predicted molar refractivity (Wildman–Crippen MR) is 51.7 cm³/mol. The molecule has 0 saturated heterocycles. The normalized spacial score (nSPS) is 14.2. The van der Waals surface area contributed by atoms with Crippen molar-refractivity contribution in [1.29, 1.82) is 0 Å². The molecule has 0 amide bonds. The first-order chi connectivity index (χ1) is 5.91. The quantitative estimate of drug-likeness (QED) is 0.570. The minimum absolute atomic E-state index is 0.0140. The van der Waals surface area contributed by atoms with Crippen LogP contribution in [0, 0.1) is 0 Å². The molecule has 13 heavy (non-hydrogen) atoms. The zero-order valence-corrected chi connectivity index (χ0v) is 8.93. The van der Waals surface area contributed by atoms with Gasteiger partial charge >= 0.3 is 6.18 Å². The van der Waals surface area contributed by atoms with Gasteiger partial charge in [0.15, 0.2) is 0 Å². The summed E-state index contributed by atoms with van der Waals surface area (Å²) < 4.78 is 36.6. The van der Waals surface area contributed by atoms with Gasteiger partial charge in [-0.25, -0.2) is 0 Å². The molecule has 72 valence electrons. The van der Waals surface area contributed by atoms with E-state index in [-0.39, 0.29) is 3.92 Å². The van der Waals surface area contributed by atoms with Gasteiger partial charge in [-0.3, -0.25) is 4.98 Å². The van der Waals surface area contributed by atoms with Gasteiger partial charge in [-0.2, -0.15) is 13.2 Å². The Balaban J connectivity index is 3.06. The molecule has 0 unspecified atom stereocenters. The van der Waals surface area contributed by atoms with Crippen molar-refractivity contribution in [2.45, 2.75) is 17.0 Å². The first-order valence-electron chi connectivity index (χ1n) is 3.58. The van der Waals surface area contributed by atoms with Crippen LogP contribution in [0.15, 0.2) is 18.3 Å². The van der Waals surface area contributed by atoms with Crippen LogP contribution in [0.2, 0.25) is 0 Å². The van der Waals surface area contributed by atoms with Crippen LogP contribution >= 0.6 is 22.6 Å². The highest BCUT2D eigenvalue weighted by Crippen LogP contribution is 2.31. The van der Waals surface area contributed by atoms with Gasteiger partial charge in [-0.05, 0) is 19.1 Å². The summed E-state index contributed by atoms with van der Waals surface area (Å²) in [5.74, 6) is 0. The van der Waals surface area contributed by atoms with Gasteiger partial charge < -0.3 is 0 Å². The first-order valence-corrected chi connectivity index (χ1v) is 4.83. The van der Waals surface area contributed by atoms with Gasteiger partial charge in [-0.15, -0.1) is 0 Å². The number of halogens is 4. The molecular formula is C8H7F3IN. The Kier molecular flexibility index (Phi) is 3.15. The Labute approximate surface area is 87.5 Å². The highest BCUT2D eigenvalue weighted by Gasteiger charge is 2.30. The van der Waals surface area contributed by atoms with Gasteiger partial charge in [0.1, 0.15) is 0 Å². The van der Waals surface area contributed by atoms with Crippen LogP contribution in [0.1, 0.15) is 22.1 Å². The first kappa shape index (κ1) is 10.7. The largest absolute Gasteiger partial charge is 0.416 e. The number of aromatic nitrogens is 1. The summed E-state index contributed by atoms with van der Waals surface area (Å²) in [5, 5.41) is 0. The van der Waals surface area contributed by atoms with Crippen LogP contribution in [0.4, 0.5) is 13.2 Å². The van der Waals surface area contributed by atoms with E-state index < -0.39 is 11.7 Å². The molecule has 0 aromatic carbocycles. The molecule has 0 aliphatic rings. The fourth-order valence-corrected chi connectivity index (χ4v) is 1.18. The standard InChI is InChI=1S/C8H7F3IN/c1-5(12)7-4-6(2-3-13-7)8(9,10)11/h2-5H,1H3/t5-/m0/s1. The van der Waals surface area contributed by atoms with Crippen molar-refractivity contribution in [3.63, 3.8) is 0 Å². The topological polar surface area (TPSA) is 12.9 Å². The second-order valence-electron chi connectivity index (χ2n) is 2.58. The third-order valence-electron chi connectivity index (χ3n) is 1.52. The van der Waals surface area contributed by atoms with Gasteiger partial charge in [-0.1, -0.05) is 22.6 Å². The molecular weight excluding hydrogens is 294 g/mol. The van der Waals surface area contributed by atoms with Crippen LogP contribution in [0.25, 0.3) is 0 Å². The Bertz CT molecular complexity index is 296. The Morgan fingerprint density at radius 2 is 2.08 bits per heavy atom. The van der Waals surface area contributed by atoms with E-state index in [2.05, 4.69) is 4.98 Å². The van der Waals surface area contributed by atoms with Crippen molar-refractivity contribution in [1.82, 2.24) is 4.98 Å². The molecule has 0 saturated carbocycles. The van der Waals surface area contributed by atoms with E-state index in [0.29, 0.717) is 5.69 Å². The molecule has 0 bridgehead atoms. The Morgan fingerprint density at radius 1 is 1.46 bits per heavy atom. The lowest BCUT2D eigenvalue weighted by molar-refractivity contribution is -0.137. The molecule has 1 aromatic heterocycles. The molecule has 0 aliphatic carbocycles. The second kappa shape index (κ2) is 3.81. The molecule has 0 spiro atoms. The Hall–Kier alpha value is -0.330. The molecule has 0 fully saturated rings. The lowest BCUT2D eigenvalue weighted by Gasteiger charge is -2.08. The Morgan fingerprint density at radius 3 is 2.54 bits per heavy atom. The van der Waals surface area contributed by atoms with Crippen molar-refractivity contribution in [2.75, 3.05) is 0 Å². The molecule has 1 aromatic rings. The third kappa shape index (κ3) is 2.82. The van der Waals surface area contributed by atoms with E-state index in [1.807, 2.05) is 22.6 Å². The third-order valence-corrected chi connectivity index (χ3v) is 2.15. The monoisotopic (exact) mass is 301 g/mol. The van der Waals surface area contributed by atoms with Gasteiger partial charge in [0.2, 0.25) is 0 Å². The number of rotatable bonds is 1. The van der Waals surface area contributed by atoms with E-state index in [4.69, 9.17) is 0 Å². The van der Waals surface area contributed by atoms with Crippen molar-refractivity contribution in [3.05, 3.63) is 29.6 Å². The van der Waals surface area contributed by atoms with Crippen molar-refractivity contribution in [2.24, 2.45) is 0 Å². The summed E-state index contributed by atoms with van der Waals surface area (Å²) in [6.07, 6.45) is -3.09. The van der Waals surface area contributed by atoms with Gasteiger partial charge in [0, 0.05) is 6.20 Å². The smallest absolute Gasteiger partial charge is 0.260 e. The second-order valence-corrected chi connectivity index (χ2v) is 4.45. The summed E-state index contributed by atoms with van der Waals surface area (Å²) in [5.41, 5.74) is -0.184. The fraction of sp³-hybridized carbons (Fsp3) is 0.375. The SMILES string of the molecule is C[C@H](I)c1cc(C(F)(F)F)ccn1. The molecule has 0 radical (unpaired) electrons. The van der Waals surface area contributed by atoms with Gasteiger partial charge in [0.05, 0.1) is 15.2 Å². The fourth-order valence-electron chi connectivity index (χ4n) is 0.842. The van der Waals surface area contributed by atoms with E-state index >= 15 is 0 Å². The average Bonchev–Trinajstić information content (AvgIpc) is 2.03. The number of hydrogen-bond acceptors (Lipinski definition) is 1. The van der Waals surface area contributed by atoms with E-state index in [1.165, 1.54) is 6.20 Å².